The molecule has 0 bridgehead atoms. The molecule has 2 aromatic carbocycles. The van der Waals surface area contributed by atoms with Crippen molar-refractivity contribution in [2.24, 2.45) is 0 Å². The number of nitrogens with two attached hydrogens (primary N) is 1. The highest BCUT2D eigenvalue weighted by Gasteiger charge is 2.12. The number of hydrogen-bond donors (Lipinski definition) is 2. The van der Waals surface area contributed by atoms with E-state index in [1.54, 1.807) is 30.3 Å². The number of nitrogens with one attached hydrogen (secondary N) is 1. The summed E-state index contributed by atoms with van der Waals surface area (Å²) in [6.45, 7) is 0. The molecule has 2 aromatic rings. The molecule has 98 valence electrons. The van der Waals surface area contributed by atoms with E-state index >= 15 is 0 Å². The zero-order valence-electron chi connectivity index (χ0n) is 10.3. The molecule has 0 saturated heterocycles. The summed E-state index contributed by atoms with van der Waals surface area (Å²) < 4.78 is 6.02. The number of para-hydroxylation sites is 1. The Bertz CT molecular complexity index is 614. The van der Waals surface area contributed by atoms with E-state index in [1.165, 1.54) is 7.11 Å². The summed E-state index contributed by atoms with van der Waals surface area (Å²) in [6.07, 6.45) is 0. The van der Waals surface area contributed by atoms with Crippen molar-refractivity contribution in [3.05, 3.63) is 52.5 Å². The highest BCUT2D eigenvalue weighted by Crippen LogP contribution is 2.25. The Morgan fingerprint density at radius 1 is 1.26 bits per heavy atom. The predicted molar refractivity (Wildman–Crippen MR) is 79.5 cm³/mol. The Labute approximate surface area is 119 Å². The van der Waals surface area contributed by atoms with Gasteiger partial charge in [-0.05, 0) is 30.3 Å². The van der Waals surface area contributed by atoms with Gasteiger partial charge < -0.3 is 15.8 Å². The van der Waals surface area contributed by atoms with Gasteiger partial charge in [-0.15, -0.1) is 0 Å². The number of benzene rings is 2. The third-order valence-electron chi connectivity index (χ3n) is 2.61. The van der Waals surface area contributed by atoms with Gasteiger partial charge in [-0.1, -0.05) is 28.1 Å². The summed E-state index contributed by atoms with van der Waals surface area (Å²) in [5.74, 6) is 0.266. The van der Waals surface area contributed by atoms with Crippen molar-refractivity contribution in [2.75, 3.05) is 18.2 Å². The van der Waals surface area contributed by atoms with Crippen LogP contribution in [0.5, 0.6) is 5.75 Å². The van der Waals surface area contributed by atoms with Crippen LogP contribution in [0.2, 0.25) is 0 Å². The van der Waals surface area contributed by atoms with Crippen LogP contribution in [-0.2, 0) is 0 Å². The minimum absolute atomic E-state index is 0.258. The van der Waals surface area contributed by atoms with Crippen LogP contribution in [0.25, 0.3) is 0 Å². The lowest BCUT2D eigenvalue weighted by Crippen LogP contribution is -2.14. The van der Waals surface area contributed by atoms with Crippen LogP contribution in [0, 0.1) is 0 Å². The molecule has 0 fully saturated rings. The molecule has 0 aliphatic carbocycles. The fourth-order valence-corrected chi connectivity index (χ4v) is 2.05. The first-order valence-electron chi connectivity index (χ1n) is 5.61. The van der Waals surface area contributed by atoms with Gasteiger partial charge in [-0.3, -0.25) is 4.79 Å². The van der Waals surface area contributed by atoms with Crippen LogP contribution >= 0.6 is 15.9 Å². The number of methoxy groups -OCH3 is 1. The van der Waals surface area contributed by atoms with Crippen LogP contribution < -0.4 is 15.8 Å². The van der Waals surface area contributed by atoms with E-state index in [2.05, 4.69) is 21.2 Å². The van der Waals surface area contributed by atoms with E-state index in [0.717, 1.165) is 4.47 Å². The Kier molecular flexibility index (Phi) is 4.06. The molecule has 0 aromatic heterocycles. The van der Waals surface area contributed by atoms with Crippen molar-refractivity contribution < 1.29 is 9.53 Å². The van der Waals surface area contributed by atoms with Crippen LogP contribution in [0.3, 0.4) is 0 Å². The number of anilines is 2. The Hall–Kier alpha value is -2.01. The fraction of sp³-hybridized carbons (Fsp3) is 0.0714. The third-order valence-corrected chi connectivity index (χ3v) is 3.11. The first kappa shape index (κ1) is 13.4. The van der Waals surface area contributed by atoms with Gasteiger partial charge in [0.05, 0.1) is 24.0 Å². The lowest BCUT2D eigenvalue weighted by Gasteiger charge is -2.11. The van der Waals surface area contributed by atoms with Gasteiger partial charge in [-0.25, -0.2) is 0 Å². The largest absolute Gasteiger partial charge is 0.496 e. The maximum Gasteiger partial charge on any atom is 0.259 e. The zero-order valence-corrected chi connectivity index (χ0v) is 11.9. The number of halogens is 1. The van der Waals surface area contributed by atoms with Gasteiger partial charge in [0.1, 0.15) is 5.75 Å². The quantitative estimate of drug-likeness (QED) is 0.853. The number of hydrogen-bond acceptors (Lipinski definition) is 3. The fourth-order valence-electron chi connectivity index (χ4n) is 1.67. The Balaban J connectivity index is 2.26. The number of carbonyl (C=O) groups is 1. The first-order valence-corrected chi connectivity index (χ1v) is 6.40. The minimum atomic E-state index is -0.258. The molecule has 0 heterocycles. The standard InChI is InChI=1S/C14H13BrN2O2/c1-19-13-5-3-2-4-10(13)14(18)17-12-7-6-9(15)8-11(12)16/h2-8H,16H2,1H3,(H,17,18). The Morgan fingerprint density at radius 2 is 2.00 bits per heavy atom. The van der Waals surface area contributed by atoms with Crippen molar-refractivity contribution in [3.8, 4) is 5.75 Å². The molecule has 0 spiro atoms. The van der Waals surface area contributed by atoms with E-state index in [4.69, 9.17) is 10.5 Å². The summed E-state index contributed by atoms with van der Waals surface area (Å²) >= 11 is 3.32. The van der Waals surface area contributed by atoms with Crippen LogP contribution in [-0.4, -0.2) is 13.0 Å². The van der Waals surface area contributed by atoms with Crippen molar-refractivity contribution in [1.29, 1.82) is 0 Å². The molecule has 3 N–H and O–H groups in total. The molecular formula is C14H13BrN2O2. The number of amides is 1. The van der Waals surface area contributed by atoms with Crippen LogP contribution in [0.4, 0.5) is 11.4 Å². The monoisotopic (exact) mass is 320 g/mol. The van der Waals surface area contributed by atoms with E-state index in [-0.39, 0.29) is 5.91 Å². The lowest BCUT2D eigenvalue weighted by atomic mass is 10.1. The van der Waals surface area contributed by atoms with Crippen molar-refractivity contribution in [3.63, 3.8) is 0 Å². The molecule has 0 radical (unpaired) electrons. The molecule has 0 aliphatic heterocycles. The van der Waals surface area contributed by atoms with Crippen molar-refractivity contribution in [2.45, 2.75) is 0 Å². The maximum atomic E-state index is 12.2. The number of rotatable bonds is 3. The van der Waals surface area contributed by atoms with Crippen LogP contribution in [0.15, 0.2) is 46.9 Å². The molecule has 19 heavy (non-hydrogen) atoms. The molecule has 0 atom stereocenters. The zero-order chi connectivity index (χ0) is 13.8. The molecule has 1 amide bonds. The first-order chi connectivity index (χ1) is 9.11. The predicted octanol–water partition coefficient (Wildman–Crippen LogP) is 3.29. The number of nitrogen functional groups attached to an aromatic ring is 1. The molecule has 0 unspecified atom stereocenters. The van der Waals surface area contributed by atoms with E-state index in [9.17, 15) is 4.79 Å². The number of ether oxygens (including phenoxy) is 1. The minimum Gasteiger partial charge on any atom is -0.496 e. The average Bonchev–Trinajstić information content (AvgIpc) is 2.41. The highest BCUT2D eigenvalue weighted by atomic mass is 79.9. The number of carbonyl (C=O) groups excluding carboxylic acids is 1. The summed E-state index contributed by atoms with van der Waals surface area (Å²) in [5, 5.41) is 2.76. The molecule has 0 aliphatic rings. The van der Waals surface area contributed by atoms with Gasteiger partial charge in [0.25, 0.3) is 5.91 Å². The highest BCUT2D eigenvalue weighted by molar-refractivity contribution is 9.10. The third kappa shape index (κ3) is 3.06. The molecule has 4 nitrogen and oxygen atoms in total. The maximum absolute atomic E-state index is 12.2. The van der Waals surface area contributed by atoms with E-state index in [0.29, 0.717) is 22.7 Å². The van der Waals surface area contributed by atoms with Crippen molar-refractivity contribution in [1.82, 2.24) is 0 Å². The summed E-state index contributed by atoms with van der Waals surface area (Å²) in [4.78, 5) is 12.2. The molecule has 2 rings (SSSR count). The molecule has 0 saturated carbocycles. The van der Waals surface area contributed by atoms with E-state index < -0.39 is 0 Å². The smallest absolute Gasteiger partial charge is 0.259 e. The second-order valence-corrected chi connectivity index (χ2v) is 4.80. The second kappa shape index (κ2) is 5.75. The van der Waals surface area contributed by atoms with Gasteiger partial charge >= 0.3 is 0 Å². The average molecular weight is 321 g/mol. The summed E-state index contributed by atoms with van der Waals surface area (Å²) in [6, 6.07) is 12.3. The molecular weight excluding hydrogens is 308 g/mol. The van der Waals surface area contributed by atoms with Gasteiger partial charge in [0.2, 0.25) is 0 Å². The molecule has 5 heteroatoms. The van der Waals surface area contributed by atoms with Gasteiger partial charge in [0, 0.05) is 4.47 Å². The van der Waals surface area contributed by atoms with Gasteiger partial charge in [-0.2, -0.15) is 0 Å². The van der Waals surface area contributed by atoms with E-state index in [1.807, 2.05) is 12.1 Å². The Morgan fingerprint density at radius 3 is 2.68 bits per heavy atom. The normalized spacial score (nSPS) is 10.0. The summed E-state index contributed by atoms with van der Waals surface area (Å²) in [5.41, 5.74) is 7.37. The summed E-state index contributed by atoms with van der Waals surface area (Å²) in [7, 11) is 1.53. The SMILES string of the molecule is COc1ccccc1C(=O)Nc1ccc(Br)cc1N. The van der Waals surface area contributed by atoms with Crippen LogP contribution in [0.1, 0.15) is 10.4 Å². The van der Waals surface area contributed by atoms with Gasteiger partial charge in [0.15, 0.2) is 0 Å². The topological polar surface area (TPSA) is 64.3 Å². The second-order valence-electron chi connectivity index (χ2n) is 3.89. The van der Waals surface area contributed by atoms with Crippen molar-refractivity contribution >= 4 is 33.2 Å². The lowest BCUT2D eigenvalue weighted by molar-refractivity contribution is 0.102.